The number of carbonyl (C=O) groups is 2. The quantitative estimate of drug-likeness (QED) is 0.238. The van der Waals surface area contributed by atoms with Gasteiger partial charge in [-0.3, -0.25) is 9.59 Å². The minimum absolute atomic E-state index is 0.0936. The van der Waals surface area contributed by atoms with E-state index in [1.807, 2.05) is 25.9 Å². The molecule has 3 rings (SSSR count). The van der Waals surface area contributed by atoms with Crippen molar-refractivity contribution < 1.29 is 63.5 Å². The summed E-state index contributed by atoms with van der Waals surface area (Å²) < 4.78 is 37.1. The predicted octanol–water partition coefficient (Wildman–Crippen LogP) is 1.79. The highest BCUT2D eigenvalue weighted by molar-refractivity contribution is 5.83. The summed E-state index contributed by atoms with van der Waals surface area (Å²) in [7, 11) is 5.18. The maximum atomic E-state index is 14.1. The van der Waals surface area contributed by atoms with Gasteiger partial charge in [0.2, 0.25) is 0 Å². The zero-order valence-corrected chi connectivity index (χ0v) is 32.9. The van der Waals surface area contributed by atoms with Gasteiger partial charge in [-0.15, -0.1) is 0 Å². The van der Waals surface area contributed by atoms with Crippen LogP contribution in [0.2, 0.25) is 0 Å². The predicted molar refractivity (Wildman–Crippen MR) is 186 cm³/mol. The van der Waals surface area contributed by atoms with Gasteiger partial charge in [0.15, 0.2) is 12.6 Å². The van der Waals surface area contributed by atoms with Crippen LogP contribution in [0.3, 0.4) is 0 Å². The Morgan fingerprint density at radius 1 is 0.882 bits per heavy atom. The molecule has 14 heteroatoms. The number of likely N-dealkylation sites (N-methyl/N-ethyl adjacent to an activating group) is 1. The number of aliphatic hydroxyl groups is 5. The lowest BCUT2D eigenvalue weighted by atomic mass is 9.74. The summed E-state index contributed by atoms with van der Waals surface area (Å²) in [5.41, 5.74) is -4.84. The number of ether oxygens (including phenoxy) is 6. The molecule has 3 saturated heterocycles. The van der Waals surface area contributed by atoms with Gasteiger partial charge in [0.05, 0.1) is 47.6 Å². The maximum Gasteiger partial charge on any atom is 0.311 e. The fourth-order valence-electron chi connectivity index (χ4n) is 8.41. The van der Waals surface area contributed by atoms with E-state index in [9.17, 15) is 35.1 Å². The molecule has 18 atom stereocenters. The highest BCUT2D eigenvalue weighted by atomic mass is 16.7. The Labute approximate surface area is 304 Å². The first kappa shape index (κ1) is 44.1. The summed E-state index contributed by atoms with van der Waals surface area (Å²) in [6, 6.07) is -0.324. The van der Waals surface area contributed by atoms with E-state index in [2.05, 4.69) is 0 Å². The van der Waals surface area contributed by atoms with E-state index in [4.69, 9.17) is 28.4 Å². The molecule has 0 aromatic heterocycles. The Kier molecular flexibility index (Phi) is 14.7. The monoisotopic (exact) mass is 733 g/mol. The smallest absolute Gasteiger partial charge is 0.311 e. The molecule has 0 aliphatic carbocycles. The highest BCUT2D eigenvalue weighted by Gasteiger charge is 2.53. The van der Waals surface area contributed by atoms with Gasteiger partial charge in [-0.2, -0.15) is 0 Å². The number of esters is 1. The first-order valence-electron chi connectivity index (χ1n) is 18.5. The SMILES string of the molecule is CC[C@@H]1OC(=O)[C@@H](C)[C@H](O[C@@H]2C[C@](C)(OC)[C@H](O)[C@@H](C)O2)[C@@H](C)C(O[C@@H]2O[C@H](C)C[C@H](N(C)C)[C@H]2O)[C@@](C)(O)C[C@H](C)C(=O)[C@@H](C)[C@H](O)[C@@]1(C)O. The lowest BCUT2D eigenvalue weighted by Gasteiger charge is -2.49. The van der Waals surface area contributed by atoms with E-state index < -0.39 is 108 Å². The lowest BCUT2D eigenvalue weighted by Crippen LogP contribution is -2.61. The van der Waals surface area contributed by atoms with Crippen LogP contribution in [-0.2, 0) is 38.0 Å². The minimum Gasteiger partial charge on any atom is -0.459 e. The highest BCUT2D eigenvalue weighted by Crippen LogP contribution is 2.40. The second-order valence-corrected chi connectivity index (χ2v) is 16.5. The summed E-state index contributed by atoms with van der Waals surface area (Å²) in [4.78, 5) is 29.8. The van der Waals surface area contributed by atoms with Crippen LogP contribution in [0.4, 0.5) is 0 Å². The summed E-state index contributed by atoms with van der Waals surface area (Å²) in [5, 5.41) is 57.6. The third-order valence-electron chi connectivity index (χ3n) is 11.8. The molecule has 3 aliphatic heterocycles. The van der Waals surface area contributed by atoms with Crippen LogP contribution in [0.5, 0.6) is 0 Å². The topological polar surface area (TPSA) is 194 Å². The number of nitrogens with zero attached hydrogens (tertiary/aromatic N) is 1. The van der Waals surface area contributed by atoms with Crippen molar-refractivity contribution in [2.45, 2.75) is 179 Å². The van der Waals surface area contributed by atoms with E-state index in [1.54, 1.807) is 41.5 Å². The normalized spacial score (nSPS) is 49.7. The molecule has 5 N–H and O–H groups in total. The Hall–Kier alpha value is -1.30. The Bertz CT molecular complexity index is 1170. The number of hydrogen-bond acceptors (Lipinski definition) is 14. The van der Waals surface area contributed by atoms with Gasteiger partial charge in [0.25, 0.3) is 0 Å². The molecular formula is C37H67NO13. The number of methoxy groups -OCH3 is 1. The van der Waals surface area contributed by atoms with E-state index in [0.717, 1.165) is 0 Å². The molecule has 3 aliphatic rings. The fraction of sp³-hybridized carbons (Fsp3) is 0.946. The second kappa shape index (κ2) is 17.0. The van der Waals surface area contributed by atoms with Crippen molar-refractivity contribution in [2.24, 2.45) is 23.7 Å². The molecule has 14 nitrogen and oxygen atoms in total. The number of Topliss-reactive ketones (excluding diaryl/α,β-unsaturated/α-hetero) is 1. The van der Waals surface area contributed by atoms with Crippen molar-refractivity contribution in [3.8, 4) is 0 Å². The number of aliphatic hydroxyl groups excluding tert-OH is 3. The first-order valence-corrected chi connectivity index (χ1v) is 18.5. The molecular weight excluding hydrogens is 666 g/mol. The van der Waals surface area contributed by atoms with E-state index in [0.29, 0.717) is 6.42 Å². The molecule has 0 spiro atoms. The van der Waals surface area contributed by atoms with E-state index in [1.165, 1.54) is 27.9 Å². The fourth-order valence-corrected chi connectivity index (χ4v) is 8.41. The molecule has 0 aromatic rings. The van der Waals surface area contributed by atoms with Crippen molar-refractivity contribution in [1.29, 1.82) is 0 Å². The summed E-state index contributed by atoms with van der Waals surface area (Å²) >= 11 is 0. The molecule has 3 fully saturated rings. The zero-order chi connectivity index (χ0) is 39.0. The van der Waals surface area contributed by atoms with Crippen LogP contribution in [0.25, 0.3) is 0 Å². The molecule has 0 aromatic carbocycles. The van der Waals surface area contributed by atoms with Gasteiger partial charge in [-0.25, -0.2) is 0 Å². The Balaban J connectivity index is 2.18. The molecule has 0 bridgehead atoms. The minimum atomic E-state index is -1.99. The van der Waals surface area contributed by atoms with E-state index >= 15 is 0 Å². The van der Waals surface area contributed by atoms with Gasteiger partial charge < -0.3 is 58.9 Å². The third-order valence-corrected chi connectivity index (χ3v) is 11.8. The van der Waals surface area contributed by atoms with Gasteiger partial charge in [-0.1, -0.05) is 27.7 Å². The summed E-state index contributed by atoms with van der Waals surface area (Å²) in [5.74, 6) is -4.98. The van der Waals surface area contributed by atoms with Crippen LogP contribution in [0.1, 0.15) is 94.9 Å². The van der Waals surface area contributed by atoms with Crippen LogP contribution >= 0.6 is 0 Å². The number of rotatable bonds is 7. The first-order chi connectivity index (χ1) is 23.4. The van der Waals surface area contributed by atoms with Crippen LogP contribution < -0.4 is 0 Å². The summed E-state index contributed by atoms with van der Waals surface area (Å²) in [6.07, 6.45) is -9.71. The van der Waals surface area contributed by atoms with E-state index in [-0.39, 0.29) is 31.4 Å². The molecule has 3 heterocycles. The van der Waals surface area contributed by atoms with Crippen molar-refractivity contribution in [2.75, 3.05) is 21.2 Å². The number of ketones is 1. The van der Waals surface area contributed by atoms with Gasteiger partial charge >= 0.3 is 5.97 Å². The molecule has 0 radical (unpaired) electrons. The van der Waals surface area contributed by atoms with Crippen LogP contribution in [-0.4, -0.2) is 148 Å². The number of carbonyl (C=O) groups excluding carboxylic acids is 2. The van der Waals surface area contributed by atoms with Gasteiger partial charge in [-0.05, 0) is 74.9 Å². The van der Waals surface area contributed by atoms with Crippen molar-refractivity contribution in [3.05, 3.63) is 0 Å². The molecule has 0 amide bonds. The average molecular weight is 734 g/mol. The molecule has 51 heavy (non-hydrogen) atoms. The molecule has 298 valence electrons. The Morgan fingerprint density at radius 3 is 2.04 bits per heavy atom. The molecule has 0 saturated carbocycles. The van der Waals surface area contributed by atoms with Crippen molar-refractivity contribution >= 4 is 11.8 Å². The zero-order valence-electron chi connectivity index (χ0n) is 32.9. The summed E-state index contributed by atoms with van der Waals surface area (Å²) in [6.45, 7) is 16.3. The number of hydrogen-bond donors (Lipinski definition) is 5. The maximum absolute atomic E-state index is 14.1. The van der Waals surface area contributed by atoms with Crippen LogP contribution in [0.15, 0.2) is 0 Å². The standard InChI is InChI=1S/C37H67NO13/c1-14-25-37(10,45)30(41)20(4)27(39)18(2)16-35(8,44)32(51-34-28(40)24(38(11)12)15-19(3)47-34)21(5)29(22(6)33(43)49-25)50-26-17-36(9,46-13)31(42)23(7)48-26/h18-26,28-32,34,40-42,44-45H,14-17H2,1-13H3/t18-,19+,20+,21+,22-,23+,24-,25-,26+,28+,29+,30-,31+,32?,34-,35-,36-,37-/m0/s1. The third kappa shape index (κ3) is 9.51. The number of cyclic esters (lactones) is 1. The van der Waals surface area contributed by atoms with Gasteiger partial charge in [0.1, 0.15) is 29.7 Å². The second-order valence-electron chi connectivity index (χ2n) is 16.5. The van der Waals surface area contributed by atoms with Crippen LogP contribution in [0, 0.1) is 23.7 Å². The lowest BCUT2D eigenvalue weighted by molar-refractivity contribution is -0.318. The Morgan fingerprint density at radius 2 is 1.49 bits per heavy atom. The van der Waals surface area contributed by atoms with Gasteiger partial charge in [0, 0.05) is 37.3 Å². The van der Waals surface area contributed by atoms with Crippen molar-refractivity contribution in [1.82, 2.24) is 4.90 Å². The van der Waals surface area contributed by atoms with Crippen molar-refractivity contribution in [3.63, 3.8) is 0 Å². The average Bonchev–Trinajstić information content (AvgIpc) is 3.05. The largest absolute Gasteiger partial charge is 0.459 e. The molecule has 1 unspecified atom stereocenters.